The topological polar surface area (TPSA) is 78.2 Å². The van der Waals surface area contributed by atoms with Crippen molar-refractivity contribution in [2.75, 3.05) is 46.6 Å². The van der Waals surface area contributed by atoms with E-state index < -0.39 is 17.2 Å². The van der Waals surface area contributed by atoms with Crippen LogP contribution in [0, 0.1) is 18.6 Å². The quantitative estimate of drug-likeness (QED) is 0.390. The number of nitrogens with zero attached hydrogens (tertiary/aromatic N) is 3. The van der Waals surface area contributed by atoms with Crippen LogP contribution in [0.4, 0.5) is 8.78 Å². The Hall–Kier alpha value is -3.21. The fourth-order valence-electron chi connectivity index (χ4n) is 4.25. The molecule has 0 radical (unpaired) electrons. The van der Waals surface area contributed by atoms with E-state index in [1.165, 1.54) is 6.07 Å². The first-order chi connectivity index (χ1) is 17.8. The van der Waals surface area contributed by atoms with Crippen molar-refractivity contribution in [1.82, 2.24) is 14.5 Å². The second-order valence-electron chi connectivity index (χ2n) is 9.21. The highest BCUT2D eigenvalue weighted by molar-refractivity contribution is 5.43. The number of aromatic nitrogens is 2. The van der Waals surface area contributed by atoms with Crippen LogP contribution in [0.15, 0.2) is 48.8 Å². The number of imidazole rings is 1. The number of aryl methyl sites for hydroxylation is 2. The number of methoxy groups -OCH3 is 1. The molecule has 1 atom stereocenters. The average molecular weight is 518 g/mol. The van der Waals surface area contributed by atoms with Crippen LogP contribution in [0.2, 0.25) is 0 Å². The Morgan fingerprint density at radius 1 is 1.11 bits per heavy atom. The van der Waals surface area contributed by atoms with Crippen LogP contribution in [-0.4, -0.2) is 71.8 Å². The van der Waals surface area contributed by atoms with Gasteiger partial charge in [-0.1, -0.05) is 6.07 Å². The number of rotatable bonds is 11. The van der Waals surface area contributed by atoms with Gasteiger partial charge in [-0.05, 0) is 43.2 Å². The molecule has 37 heavy (non-hydrogen) atoms. The summed E-state index contributed by atoms with van der Waals surface area (Å²) in [6, 6.07) is 9.06. The van der Waals surface area contributed by atoms with E-state index in [0.29, 0.717) is 37.8 Å². The summed E-state index contributed by atoms with van der Waals surface area (Å²) in [6.45, 7) is 5.14. The van der Waals surface area contributed by atoms with Crippen LogP contribution >= 0.6 is 0 Å². The lowest BCUT2D eigenvalue weighted by Gasteiger charge is -2.30. The fraction of sp³-hybridized carbons (Fsp3) is 0.444. The van der Waals surface area contributed by atoms with E-state index in [1.807, 2.05) is 31.3 Å². The van der Waals surface area contributed by atoms with Crippen molar-refractivity contribution in [2.45, 2.75) is 32.0 Å². The number of hydrogen-bond donors (Lipinski definition) is 1. The SMILES string of the molecule is COc1ccc(CN2CCOC[C@](O)(COc3ccc(F)c(F)c3)C2)cc1OCCCn1ccnc1C. The van der Waals surface area contributed by atoms with Crippen LogP contribution in [-0.2, 0) is 17.8 Å². The molecule has 1 saturated heterocycles. The first-order valence-electron chi connectivity index (χ1n) is 12.2. The smallest absolute Gasteiger partial charge is 0.162 e. The number of β-amino-alcohol motifs (C(OH)–C–C–N with tert-alkyl or cyclic N) is 1. The van der Waals surface area contributed by atoms with Gasteiger partial charge in [0.05, 0.1) is 26.9 Å². The van der Waals surface area contributed by atoms with E-state index in [0.717, 1.165) is 36.5 Å². The summed E-state index contributed by atoms with van der Waals surface area (Å²) in [5.74, 6) is 0.465. The minimum absolute atomic E-state index is 0.0700. The monoisotopic (exact) mass is 517 g/mol. The van der Waals surface area contributed by atoms with Gasteiger partial charge in [0.2, 0.25) is 0 Å². The minimum atomic E-state index is -1.32. The molecule has 2 heterocycles. The van der Waals surface area contributed by atoms with E-state index in [2.05, 4.69) is 14.5 Å². The van der Waals surface area contributed by atoms with Crippen LogP contribution in [0.3, 0.4) is 0 Å². The third-order valence-electron chi connectivity index (χ3n) is 6.20. The van der Waals surface area contributed by atoms with Crippen LogP contribution in [0.5, 0.6) is 17.2 Å². The molecule has 0 unspecified atom stereocenters. The highest BCUT2D eigenvalue weighted by atomic mass is 19.2. The predicted octanol–water partition coefficient (Wildman–Crippen LogP) is 3.59. The van der Waals surface area contributed by atoms with E-state index in [9.17, 15) is 13.9 Å². The van der Waals surface area contributed by atoms with Gasteiger partial charge in [0, 0.05) is 44.6 Å². The van der Waals surface area contributed by atoms with Crippen molar-refractivity contribution >= 4 is 0 Å². The Kier molecular flexibility index (Phi) is 8.96. The second kappa shape index (κ2) is 12.4. The molecule has 4 rings (SSSR count). The molecule has 8 nitrogen and oxygen atoms in total. The molecule has 0 bridgehead atoms. The van der Waals surface area contributed by atoms with Crippen molar-refractivity contribution in [3.8, 4) is 17.2 Å². The van der Waals surface area contributed by atoms with Crippen LogP contribution < -0.4 is 14.2 Å². The summed E-state index contributed by atoms with van der Waals surface area (Å²) in [7, 11) is 1.61. The highest BCUT2D eigenvalue weighted by Gasteiger charge is 2.33. The summed E-state index contributed by atoms with van der Waals surface area (Å²) in [5.41, 5.74) is -0.328. The van der Waals surface area contributed by atoms with Crippen molar-refractivity contribution in [1.29, 1.82) is 0 Å². The Morgan fingerprint density at radius 2 is 1.97 bits per heavy atom. The zero-order valence-corrected chi connectivity index (χ0v) is 21.2. The van der Waals surface area contributed by atoms with Gasteiger partial charge >= 0.3 is 0 Å². The lowest BCUT2D eigenvalue weighted by atomic mass is 10.1. The molecule has 2 aromatic carbocycles. The zero-order chi connectivity index (χ0) is 26.3. The van der Waals surface area contributed by atoms with Gasteiger partial charge in [-0.15, -0.1) is 0 Å². The van der Waals surface area contributed by atoms with Gasteiger partial charge < -0.3 is 28.6 Å². The molecule has 0 aliphatic carbocycles. The lowest BCUT2D eigenvalue weighted by molar-refractivity contribution is -0.0647. The average Bonchev–Trinajstić information content (AvgIpc) is 3.20. The van der Waals surface area contributed by atoms with E-state index >= 15 is 0 Å². The fourth-order valence-corrected chi connectivity index (χ4v) is 4.25. The Balaban J connectivity index is 1.35. The lowest BCUT2D eigenvalue weighted by Crippen LogP contribution is -2.48. The molecule has 1 N–H and O–H groups in total. The summed E-state index contributed by atoms with van der Waals surface area (Å²) in [4.78, 5) is 6.30. The maximum atomic E-state index is 13.5. The molecular weight excluding hydrogens is 484 g/mol. The van der Waals surface area contributed by atoms with Gasteiger partial charge in [0.15, 0.2) is 23.1 Å². The van der Waals surface area contributed by atoms with Gasteiger partial charge in [-0.3, -0.25) is 4.90 Å². The molecule has 0 saturated carbocycles. The molecule has 200 valence electrons. The van der Waals surface area contributed by atoms with Gasteiger partial charge in [0.25, 0.3) is 0 Å². The van der Waals surface area contributed by atoms with E-state index in [1.54, 1.807) is 13.3 Å². The molecule has 3 aromatic rings. The van der Waals surface area contributed by atoms with Gasteiger partial charge in [-0.25, -0.2) is 13.8 Å². The molecule has 1 aromatic heterocycles. The number of benzene rings is 2. The van der Waals surface area contributed by atoms with Crippen molar-refractivity contribution in [3.63, 3.8) is 0 Å². The Morgan fingerprint density at radius 3 is 2.73 bits per heavy atom. The molecule has 1 aliphatic heterocycles. The zero-order valence-electron chi connectivity index (χ0n) is 21.2. The normalized spacial score (nSPS) is 18.4. The predicted molar refractivity (Wildman–Crippen MR) is 133 cm³/mol. The van der Waals surface area contributed by atoms with Crippen molar-refractivity contribution in [2.24, 2.45) is 0 Å². The second-order valence-corrected chi connectivity index (χ2v) is 9.21. The number of ether oxygens (including phenoxy) is 4. The maximum absolute atomic E-state index is 13.5. The van der Waals surface area contributed by atoms with E-state index in [4.69, 9.17) is 18.9 Å². The van der Waals surface area contributed by atoms with Crippen LogP contribution in [0.1, 0.15) is 17.8 Å². The van der Waals surface area contributed by atoms with Gasteiger partial charge in [0.1, 0.15) is 23.8 Å². The number of halogens is 2. The molecule has 1 fully saturated rings. The summed E-state index contributed by atoms with van der Waals surface area (Å²) < 4.78 is 51.5. The first kappa shape index (κ1) is 26.8. The standard InChI is InChI=1S/C27H33F2N3O5/c1-20-30-8-10-32(20)9-3-12-36-26-14-21(4-7-25(26)34-2)16-31-11-13-35-18-27(33,17-31)19-37-22-5-6-23(28)24(29)15-22/h4-8,10,14-15,33H,3,9,11-13,16-19H2,1-2H3/t27-/m0/s1. The summed E-state index contributed by atoms with van der Waals surface area (Å²) >= 11 is 0. The first-order valence-corrected chi connectivity index (χ1v) is 12.2. The largest absolute Gasteiger partial charge is 0.493 e. The molecule has 0 amide bonds. The third-order valence-corrected chi connectivity index (χ3v) is 6.20. The molecule has 10 heteroatoms. The third kappa shape index (κ3) is 7.41. The summed E-state index contributed by atoms with van der Waals surface area (Å²) in [5, 5.41) is 11.2. The van der Waals surface area contributed by atoms with Crippen LogP contribution in [0.25, 0.3) is 0 Å². The molecular formula is C27H33F2N3O5. The molecule has 1 aliphatic rings. The molecule has 0 spiro atoms. The van der Waals surface area contributed by atoms with E-state index in [-0.39, 0.29) is 25.5 Å². The van der Waals surface area contributed by atoms with Gasteiger partial charge in [-0.2, -0.15) is 0 Å². The minimum Gasteiger partial charge on any atom is -0.493 e. The summed E-state index contributed by atoms with van der Waals surface area (Å²) in [6.07, 6.45) is 4.55. The van der Waals surface area contributed by atoms with Crippen molar-refractivity contribution < 1.29 is 32.8 Å². The Labute approximate surface area is 215 Å². The maximum Gasteiger partial charge on any atom is 0.162 e. The number of aliphatic hydroxyl groups is 1. The number of hydrogen-bond acceptors (Lipinski definition) is 7. The highest BCUT2D eigenvalue weighted by Crippen LogP contribution is 2.29. The van der Waals surface area contributed by atoms with Crippen molar-refractivity contribution in [3.05, 3.63) is 71.8 Å². The Bertz CT molecular complexity index is 1170.